The number of hydrogen-bond donors (Lipinski definition) is 4. The van der Waals surface area contributed by atoms with Crippen molar-refractivity contribution in [1.29, 1.82) is 5.41 Å². The Morgan fingerprint density at radius 3 is 2.56 bits per heavy atom. The molecule has 216 valence electrons. The van der Waals surface area contributed by atoms with Crippen molar-refractivity contribution < 1.29 is 27.8 Å². The summed E-state index contributed by atoms with van der Waals surface area (Å²) in [4.78, 5) is 17.1. The number of ether oxygens (including phenoxy) is 2. The molecule has 0 amide bonds. The van der Waals surface area contributed by atoms with Crippen LogP contribution in [0.1, 0.15) is 32.4 Å². The molecule has 4 rings (SSSR count). The van der Waals surface area contributed by atoms with Gasteiger partial charge in [-0.25, -0.2) is 33.1 Å². The Kier molecular flexibility index (Phi) is 8.66. The molecule has 14 heteroatoms. The zero-order chi connectivity index (χ0) is 29.9. The van der Waals surface area contributed by atoms with Crippen molar-refractivity contribution in [3.05, 3.63) is 65.9 Å². The highest BCUT2D eigenvalue weighted by atomic mass is 19.3. The van der Waals surface area contributed by atoms with E-state index in [1.54, 1.807) is 19.1 Å². The van der Waals surface area contributed by atoms with Crippen LogP contribution >= 0.6 is 0 Å². The van der Waals surface area contributed by atoms with E-state index in [-0.39, 0.29) is 34.6 Å². The zero-order valence-electron chi connectivity index (χ0n) is 22.5. The molecule has 2 aromatic heterocycles. The second kappa shape index (κ2) is 12.0. The van der Waals surface area contributed by atoms with Crippen LogP contribution in [0, 0.1) is 11.2 Å². The Morgan fingerprint density at radius 1 is 1.20 bits per heavy atom. The summed E-state index contributed by atoms with van der Waals surface area (Å²) in [7, 11) is 0. The Bertz CT molecular complexity index is 1590. The number of imidazole rings is 1. The first-order valence-electron chi connectivity index (χ1n) is 12.4. The number of aliphatic hydroxyl groups excluding tert-OH is 1. The van der Waals surface area contributed by atoms with E-state index < -0.39 is 29.8 Å². The number of benzene rings is 1. The van der Waals surface area contributed by atoms with Gasteiger partial charge in [0.15, 0.2) is 11.6 Å². The van der Waals surface area contributed by atoms with Crippen LogP contribution in [0.5, 0.6) is 0 Å². The maximum absolute atomic E-state index is 15.1. The van der Waals surface area contributed by atoms with Crippen molar-refractivity contribution >= 4 is 39.8 Å². The number of alkyl halides is 2. The topological polar surface area (TPSA) is 170 Å². The van der Waals surface area contributed by atoms with Crippen molar-refractivity contribution in [2.75, 3.05) is 13.2 Å². The number of fused-ring (bicyclic) bond motifs is 1. The van der Waals surface area contributed by atoms with E-state index >= 15 is 4.39 Å². The first-order chi connectivity index (χ1) is 19.4. The van der Waals surface area contributed by atoms with Gasteiger partial charge in [0.1, 0.15) is 23.7 Å². The molecule has 3 heterocycles. The van der Waals surface area contributed by atoms with E-state index in [9.17, 15) is 13.9 Å². The number of aliphatic hydroxyl groups is 1. The summed E-state index contributed by atoms with van der Waals surface area (Å²) in [5.74, 6) is -1.55. The van der Waals surface area contributed by atoms with E-state index in [2.05, 4.69) is 20.0 Å². The monoisotopic (exact) mass is 570 g/mol. The SMILES string of the molecule is CC(/C=C(\N)C(F)F)=N\c1nc(-n2cnc3cc(N=C(N)/C=C\C(=N)C4(C)OCCO4)c(F)cc32)ccc1C(C)O. The number of amidine groups is 1. The average Bonchev–Trinajstić information content (AvgIpc) is 3.54. The molecule has 0 spiro atoms. The Balaban J connectivity index is 1.66. The summed E-state index contributed by atoms with van der Waals surface area (Å²) in [6, 6.07) is 5.78. The molecule has 0 bridgehead atoms. The number of nitrogens with two attached hydrogens (primary N) is 2. The van der Waals surface area contributed by atoms with Gasteiger partial charge in [0, 0.05) is 17.3 Å². The van der Waals surface area contributed by atoms with Crippen LogP contribution in [-0.2, 0) is 9.47 Å². The first kappa shape index (κ1) is 29.6. The van der Waals surface area contributed by atoms with Gasteiger partial charge >= 0.3 is 0 Å². The molecular weight excluding hydrogens is 541 g/mol. The van der Waals surface area contributed by atoms with Gasteiger partial charge in [0.25, 0.3) is 6.43 Å². The van der Waals surface area contributed by atoms with E-state index in [4.69, 9.17) is 26.4 Å². The molecule has 1 atom stereocenters. The summed E-state index contributed by atoms with van der Waals surface area (Å²) in [6.45, 7) is 5.35. The Hall–Kier alpha value is -4.40. The lowest BCUT2D eigenvalue weighted by atomic mass is 10.1. The van der Waals surface area contributed by atoms with Crippen molar-refractivity contribution in [2.24, 2.45) is 21.5 Å². The zero-order valence-corrected chi connectivity index (χ0v) is 22.5. The second-order valence-electron chi connectivity index (χ2n) is 9.29. The number of pyridine rings is 1. The standard InChI is InChI=1S/C27H29F3N8O3/c1-14(10-18(31)25(29)30)35-26-16(15(2)39)4-7-24(37-26)38-13-34-20-12-19(17(28)11-21(20)38)36-23(33)6-5-22(32)27(3)40-8-9-41-27/h4-7,10-13,15,25,32,39H,8-9,31H2,1-3H3,(H2,33,36)/b6-5-,18-10-,32-22?,35-14+. The third-order valence-corrected chi connectivity index (χ3v) is 6.11. The van der Waals surface area contributed by atoms with Gasteiger partial charge in [0.2, 0.25) is 5.79 Å². The minimum atomic E-state index is -2.85. The molecule has 11 nitrogen and oxygen atoms in total. The first-order valence-corrected chi connectivity index (χ1v) is 12.4. The lowest BCUT2D eigenvalue weighted by Crippen LogP contribution is -2.34. The summed E-state index contributed by atoms with van der Waals surface area (Å²) in [5.41, 5.74) is 11.8. The van der Waals surface area contributed by atoms with Crippen LogP contribution in [0.15, 0.2) is 64.5 Å². The average molecular weight is 571 g/mol. The van der Waals surface area contributed by atoms with E-state index in [0.717, 1.165) is 6.08 Å². The van der Waals surface area contributed by atoms with E-state index in [0.29, 0.717) is 29.8 Å². The predicted octanol–water partition coefficient (Wildman–Crippen LogP) is 4.14. The number of nitrogens with one attached hydrogen (secondary N) is 1. The molecule has 0 aliphatic carbocycles. The number of aromatic nitrogens is 3. The summed E-state index contributed by atoms with van der Waals surface area (Å²) in [6.07, 6.45) is 1.36. The van der Waals surface area contributed by atoms with Gasteiger partial charge in [0.05, 0.1) is 41.8 Å². The van der Waals surface area contributed by atoms with E-state index in [1.165, 1.54) is 49.0 Å². The normalized spacial score (nSPS) is 17.2. The third kappa shape index (κ3) is 6.67. The van der Waals surface area contributed by atoms with Gasteiger partial charge in [-0.3, -0.25) is 9.98 Å². The third-order valence-electron chi connectivity index (χ3n) is 6.11. The Morgan fingerprint density at radius 2 is 1.90 bits per heavy atom. The molecule has 1 aliphatic rings. The van der Waals surface area contributed by atoms with Crippen LogP contribution in [-0.4, -0.2) is 62.3 Å². The van der Waals surface area contributed by atoms with Gasteiger partial charge in [-0.1, -0.05) is 0 Å². The van der Waals surface area contributed by atoms with Gasteiger partial charge < -0.3 is 26.0 Å². The minimum absolute atomic E-state index is 0.0318. The highest BCUT2D eigenvalue weighted by molar-refractivity contribution is 6.04. The Labute approximate surface area is 233 Å². The molecule has 1 fully saturated rings. The quantitative estimate of drug-likeness (QED) is 0.221. The van der Waals surface area contributed by atoms with Gasteiger partial charge in [-0.2, -0.15) is 0 Å². The van der Waals surface area contributed by atoms with Crippen LogP contribution in [0.4, 0.5) is 24.7 Å². The number of aliphatic imine (C=N–C) groups is 2. The van der Waals surface area contributed by atoms with Crippen molar-refractivity contribution in [3.8, 4) is 5.82 Å². The molecule has 41 heavy (non-hydrogen) atoms. The fourth-order valence-corrected chi connectivity index (χ4v) is 3.96. The molecule has 1 unspecified atom stereocenters. The molecular formula is C27H29F3N8O3. The number of hydrogen-bond acceptors (Lipinski definition) is 9. The molecule has 1 aliphatic heterocycles. The minimum Gasteiger partial charge on any atom is -0.397 e. The fourth-order valence-electron chi connectivity index (χ4n) is 3.96. The second-order valence-corrected chi connectivity index (χ2v) is 9.29. The summed E-state index contributed by atoms with van der Waals surface area (Å²) >= 11 is 0. The molecule has 1 aromatic carbocycles. The lowest BCUT2D eigenvalue weighted by molar-refractivity contribution is -0.0813. The molecule has 0 saturated carbocycles. The highest BCUT2D eigenvalue weighted by Crippen LogP contribution is 2.29. The molecule has 0 radical (unpaired) electrons. The number of halogens is 3. The maximum atomic E-state index is 15.1. The van der Waals surface area contributed by atoms with Crippen molar-refractivity contribution in [1.82, 2.24) is 14.5 Å². The molecule has 3 aromatic rings. The number of allylic oxidation sites excluding steroid dienone is 2. The number of nitrogens with zero attached hydrogens (tertiary/aromatic N) is 5. The van der Waals surface area contributed by atoms with Gasteiger partial charge in [-0.15, -0.1) is 0 Å². The predicted molar refractivity (Wildman–Crippen MR) is 149 cm³/mol. The van der Waals surface area contributed by atoms with Gasteiger partial charge in [-0.05, 0) is 57.2 Å². The van der Waals surface area contributed by atoms with Crippen molar-refractivity contribution in [2.45, 2.75) is 39.1 Å². The maximum Gasteiger partial charge on any atom is 0.277 e. The van der Waals surface area contributed by atoms with Crippen LogP contribution in [0.25, 0.3) is 16.9 Å². The van der Waals surface area contributed by atoms with E-state index in [1.807, 2.05) is 0 Å². The van der Waals surface area contributed by atoms with Crippen molar-refractivity contribution in [3.63, 3.8) is 0 Å². The summed E-state index contributed by atoms with van der Waals surface area (Å²) < 4.78 is 53.1. The van der Waals surface area contributed by atoms with Crippen LogP contribution in [0.3, 0.4) is 0 Å². The lowest BCUT2D eigenvalue weighted by Gasteiger charge is -2.20. The van der Waals surface area contributed by atoms with Crippen LogP contribution < -0.4 is 11.5 Å². The smallest absolute Gasteiger partial charge is 0.277 e. The number of rotatable bonds is 9. The largest absolute Gasteiger partial charge is 0.397 e. The molecule has 6 N–H and O–H groups in total. The molecule has 1 saturated heterocycles. The summed E-state index contributed by atoms with van der Waals surface area (Å²) in [5, 5.41) is 18.3. The van der Waals surface area contributed by atoms with Crippen LogP contribution in [0.2, 0.25) is 0 Å². The highest BCUT2D eigenvalue weighted by Gasteiger charge is 2.34. The fraction of sp³-hybridized carbons (Fsp3) is 0.296.